The van der Waals surface area contributed by atoms with Crippen molar-refractivity contribution >= 4 is 17.2 Å². The lowest BCUT2D eigenvalue weighted by Crippen LogP contribution is -2.18. The molecule has 0 amide bonds. The van der Waals surface area contributed by atoms with E-state index in [4.69, 9.17) is 5.26 Å². The summed E-state index contributed by atoms with van der Waals surface area (Å²) in [5.74, 6) is 0.143. The van der Waals surface area contributed by atoms with E-state index in [-0.39, 0.29) is 5.78 Å². The molecule has 0 aliphatic rings. The van der Waals surface area contributed by atoms with Crippen LogP contribution in [0.5, 0.6) is 0 Å². The van der Waals surface area contributed by atoms with Crippen LogP contribution in [0.1, 0.15) is 30.1 Å². The predicted octanol–water partition coefficient (Wildman–Crippen LogP) is 4.33. The smallest absolute Gasteiger partial charge is 0.162 e. The molecule has 0 N–H and O–H groups in total. The molecule has 21 heavy (non-hydrogen) atoms. The van der Waals surface area contributed by atoms with Crippen molar-refractivity contribution in [2.75, 3.05) is 11.4 Å². The standard InChI is InChI=1S/C18H18N2O/c1-2-18(21)15-9-11-17(12-10-15)20(14-6-13-19)16-7-4-3-5-8-16/h3-5,7-12H,2,6,14H2,1H3. The zero-order valence-corrected chi connectivity index (χ0v) is 12.1. The summed E-state index contributed by atoms with van der Waals surface area (Å²) in [6, 6.07) is 19.7. The third kappa shape index (κ3) is 3.70. The van der Waals surface area contributed by atoms with Crippen molar-refractivity contribution in [1.29, 1.82) is 5.26 Å². The zero-order chi connectivity index (χ0) is 15.1. The largest absolute Gasteiger partial charge is 0.340 e. The molecule has 0 fully saturated rings. The number of nitrogens with zero attached hydrogens (tertiary/aromatic N) is 2. The summed E-state index contributed by atoms with van der Waals surface area (Å²) in [5, 5.41) is 8.84. The summed E-state index contributed by atoms with van der Waals surface area (Å²) in [4.78, 5) is 13.8. The van der Waals surface area contributed by atoms with Gasteiger partial charge in [-0.05, 0) is 36.4 Å². The second kappa shape index (κ2) is 7.25. The zero-order valence-electron chi connectivity index (χ0n) is 12.1. The van der Waals surface area contributed by atoms with Gasteiger partial charge in [0.1, 0.15) is 0 Å². The first-order valence-electron chi connectivity index (χ1n) is 7.09. The molecule has 0 aliphatic heterocycles. The van der Waals surface area contributed by atoms with Gasteiger partial charge in [0.2, 0.25) is 0 Å². The molecule has 2 aromatic rings. The number of ketones is 1. The Balaban J connectivity index is 2.29. The van der Waals surface area contributed by atoms with Crippen LogP contribution < -0.4 is 4.90 Å². The third-order valence-electron chi connectivity index (χ3n) is 3.34. The van der Waals surface area contributed by atoms with E-state index < -0.39 is 0 Å². The lowest BCUT2D eigenvalue weighted by Gasteiger charge is -2.24. The van der Waals surface area contributed by atoms with Crippen LogP contribution in [-0.4, -0.2) is 12.3 Å². The van der Waals surface area contributed by atoms with Gasteiger partial charge in [-0.25, -0.2) is 0 Å². The van der Waals surface area contributed by atoms with Gasteiger partial charge in [0, 0.05) is 29.9 Å². The van der Waals surface area contributed by atoms with Crippen LogP contribution >= 0.6 is 0 Å². The molecule has 0 spiro atoms. The van der Waals surface area contributed by atoms with E-state index in [2.05, 4.69) is 11.0 Å². The number of para-hydroxylation sites is 1. The molecule has 0 unspecified atom stereocenters. The highest BCUT2D eigenvalue weighted by molar-refractivity contribution is 5.96. The molecule has 0 heterocycles. The minimum atomic E-state index is 0.143. The van der Waals surface area contributed by atoms with Crippen LogP contribution in [0.15, 0.2) is 54.6 Å². The number of anilines is 2. The molecule has 3 heteroatoms. The first kappa shape index (κ1) is 14.8. The number of rotatable bonds is 6. The third-order valence-corrected chi connectivity index (χ3v) is 3.34. The van der Waals surface area contributed by atoms with Gasteiger partial charge < -0.3 is 4.90 Å². The topological polar surface area (TPSA) is 44.1 Å². The number of Topliss-reactive ketones (excluding diaryl/α,β-unsaturated/α-hetero) is 1. The van der Waals surface area contributed by atoms with Gasteiger partial charge in [0.15, 0.2) is 5.78 Å². The Labute approximate surface area is 125 Å². The second-order valence-corrected chi connectivity index (χ2v) is 4.72. The average Bonchev–Trinajstić information content (AvgIpc) is 2.56. The highest BCUT2D eigenvalue weighted by atomic mass is 16.1. The first-order chi connectivity index (χ1) is 10.3. The minimum absolute atomic E-state index is 0.143. The summed E-state index contributed by atoms with van der Waals surface area (Å²) in [6.45, 7) is 2.49. The van der Waals surface area contributed by atoms with Crippen LogP contribution in [0, 0.1) is 11.3 Å². The van der Waals surface area contributed by atoms with Gasteiger partial charge in [-0.15, -0.1) is 0 Å². The molecular weight excluding hydrogens is 260 g/mol. The van der Waals surface area contributed by atoms with Crippen LogP contribution in [0.4, 0.5) is 11.4 Å². The fraction of sp³-hybridized carbons (Fsp3) is 0.222. The molecule has 0 radical (unpaired) electrons. The van der Waals surface area contributed by atoms with Gasteiger partial charge >= 0.3 is 0 Å². The molecule has 0 atom stereocenters. The molecule has 0 bridgehead atoms. The molecule has 106 valence electrons. The summed E-state index contributed by atoms with van der Waals surface area (Å²) >= 11 is 0. The number of hydrogen-bond donors (Lipinski definition) is 0. The van der Waals surface area contributed by atoms with E-state index >= 15 is 0 Å². The molecular formula is C18H18N2O. The maximum absolute atomic E-state index is 11.7. The Bertz CT molecular complexity index is 627. The average molecular weight is 278 g/mol. The van der Waals surface area contributed by atoms with Gasteiger partial charge in [-0.1, -0.05) is 25.1 Å². The Kier molecular flexibility index (Phi) is 5.11. The Morgan fingerprint density at radius 3 is 2.24 bits per heavy atom. The van der Waals surface area contributed by atoms with Crippen molar-refractivity contribution in [2.45, 2.75) is 19.8 Å². The minimum Gasteiger partial charge on any atom is -0.340 e. The Hall–Kier alpha value is -2.60. The maximum atomic E-state index is 11.7. The molecule has 0 saturated carbocycles. The van der Waals surface area contributed by atoms with E-state index in [1.807, 2.05) is 61.5 Å². The number of carbonyl (C=O) groups excluding carboxylic acids is 1. The predicted molar refractivity (Wildman–Crippen MR) is 84.7 cm³/mol. The van der Waals surface area contributed by atoms with Crippen LogP contribution in [0.3, 0.4) is 0 Å². The van der Waals surface area contributed by atoms with Crippen molar-refractivity contribution in [3.8, 4) is 6.07 Å². The molecule has 2 aromatic carbocycles. The van der Waals surface area contributed by atoms with Crippen molar-refractivity contribution < 1.29 is 4.79 Å². The Morgan fingerprint density at radius 1 is 1.05 bits per heavy atom. The summed E-state index contributed by atoms with van der Waals surface area (Å²) < 4.78 is 0. The normalized spacial score (nSPS) is 9.90. The van der Waals surface area contributed by atoms with E-state index in [1.54, 1.807) is 0 Å². The molecule has 0 aromatic heterocycles. The quantitative estimate of drug-likeness (QED) is 0.739. The number of hydrogen-bond acceptors (Lipinski definition) is 3. The van der Waals surface area contributed by atoms with Crippen LogP contribution in [0.2, 0.25) is 0 Å². The monoisotopic (exact) mass is 278 g/mol. The van der Waals surface area contributed by atoms with Crippen LogP contribution in [-0.2, 0) is 0 Å². The van der Waals surface area contributed by atoms with E-state index in [9.17, 15) is 4.79 Å². The van der Waals surface area contributed by atoms with Gasteiger partial charge in [0.05, 0.1) is 12.5 Å². The summed E-state index contributed by atoms with van der Waals surface area (Å²) in [5.41, 5.74) is 2.76. The van der Waals surface area contributed by atoms with E-state index in [0.29, 0.717) is 19.4 Å². The SMILES string of the molecule is CCC(=O)c1ccc(N(CCC#N)c2ccccc2)cc1. The lowest BCUT2D eigenvalue weighted by molar-refractivity contribution is 0.0988. The molecule has 0 aliphatic carbocycles. The van der Waals surface area contributed by atoms with Crippen LogP contribution in [0.25, 0.3) is 0 Å². The fourth-order valence-electron chi connectivity index (χ4n) is 2.21. The molecule has 3 nitrogen and oxygen atoms in total. The number of benzene rings is 2. The van der Waals surface area contributed by atoms with Crippen molar-refractivity contribution in [1.82, 2.24) is 0 Å². The van der Waals surface area contributed by atoms with Gasteiger partial charge in [-0.3, -0.25) is 4.79 Å². The molecule has 2 rings (SSSR count). The highest BCUT2D eigenvalue weighted by Gasteiger charge is 2.10. The highest BCUT2D eigenvalue weighted by Crippen LogP contribution is 2.25. The van der Waals surface area contributed by atoms with E-state index in [1.165, 1.54) is 0 Å². The van der Waals surface area contributed by atoms with E-state index in [0.717, 1.165) is 16.9 Å². The summed E-state index contributed by atoms with van der Waals surface area (Å²) in [7, 11) is 0. The lowest BCUT2D eigenvalue weighted by atomic mass is 10.1. The first-order valence-corrected chi connectivity index (χ1v) is 7.09. The van der Waals surface area contributed by atoms with Crippen molar-refractivity contribution in [2.24, 2.45) is 0 Å². The van der Waals surface area contributed by atoms with Gasteiger partial charge in [0.25, 0.3) is 0 Å². The van der Waals surface area contributed by atoms with Gasteiger partial charge in [-0.2, -0.15) is 5.26 Å². The fourth-order valence-corrected chi connectivity index (χ4v) is 2.21. The molecule has 0 saturated heterocycles. The summed E-state index contributed by atoms with van der Waals surface area (Å²) in [6.07, 6.45) is 0.959. The number of nitriles is 1. The van der Waals surface area contributed by atoms with Crippen molar-refractivity contribution in [3.05, 3.63) is 60.2 Å². The number of carbonyl (C=O) groups is 1. The maximum Gasteiger partial charge on any atom is 0.162 e. The second-order valence-electron chi connectivity index (χ2n) is 4.72. The van der Waals surface area contributed by atoms with Crippen molar-refractivity contribution in [3.63, 3.8) is 0 Å². The Morgan fingerprint density at radius 2 is 1.67 bits per heavy atom.